The topological polar surface area (TPSA) is 29.3 Å². The van der Waals surface area contributed by atoms with E-state index in [-0.39, 0.29) is 11.6 Å². The van der Waals surface area contributed by atoms with Crippen molar-refractivity contribution in [3.8, 4) is 0 Å². The predicted octanol–water partition coefficient (Wildman–Crippen LogP) is 3.38. The van der Waals surface area contributed by atoms with Gasteiger partial charge in [-0.15, -0.1) is 11.3 Å². The molecule has 1 aliphatic heterocycles. The zero-order valence-electron chi connectivity index (χ0n) is 9.87. The molecule has 1 atom stereocenters. The summed E-state index contributed by atoms with van der Waals surface area (Å²) in [6, 6.07) is 2.17. The molecule has 1 aromatic rings. The summed E-state index contributed by atoms with van der Waals surface area (Å²) in [5, 5.41) is 2.10. The Labute approximate surface area is 110 Å². The molecular weight excluding hydrogens is 284 g/mol. The van der Waals surface area contributed by atoms with Crippen LogP contribution in [0.4, 0.5) is 0 Å². The normalized spacial score (nSPS) is 20.2. The molecule has 4 heteroatoms. The standard InChI is InChI=1S/C12H19BrN2S/c1-12(2,15-6-3-4-7-15)11(14)10-9(13)5-8-16-10/h5,8,11H,3-4,6-7,14H2,1-2H3. The van der Waals surface area contributed by atoms with Gasteiger partial charge in [0.25, 0.3) is 0 Å². The number of hydrogen-bond acceptors (Lipinski definition) is 3. The molecule has 16 heavy (non-hydrogen) atoms. The number of nitrogens with two attached hydrogens (primary N) is 1. The molecule has 0 aliphatic carbocycles. The fourth-order valence-corrected chi connectivity index (χ4v) is 4.14. The second kappa shape index (κ2) is 4.77. The third-order valence-corrected chi connectivity index (χ3v) is 5.56. The largest absolute Gasteiger partial charge is 0.322 e. The van der Waals surface area contributed by atoms with Gasteiger partial charge in [0.2, 0.25) is 0 Å². The first-order valence-corrected chi connectivity index (χ1v) is 7.44. The maximum Gasteiger partial charge on any atom is 0.0582 e. The molecule has 0 amide bonds. The summed E-state index contributed by atoms with van der Waals surface area (Å²) in [7, 11) is 0. The van der Waals surface area contributed by atoms with Crippen molar-refractivity contribution in [2.45, 2.75) is 38.3 Å². The highest BCUT2D eigenvalue weighted by atomic mass is 79.9. The first-order valence-electron chi connectivity index (χ1n) is 5.77. The maximum absolute atomic E-state index is 6.44. The van der Waals surface area contributed by atoms with Gasteiger partial charge in [0.05, 0.1) is 6.04 Å². The zero-order valence-corrected chi connectivity index (χ0v) is 12.3. The van der Waals surface area contributed by atoms with E-state index >= 15 is 0 Å². The second-order valence-corrected chi connectivity index (χ2v) is 6.76. The van der Waals surface area contributed by atoms with Crippen molar-refractivity contribution >= 4 is 27.3 Å². The van der Waals surface area contributed by atoms with Crippen molar-refractivity contribution in [1.29, 1.82) is 0 Å². The van der Waals surface area contributed by atoms with Crippen LogP contribution in [0.25, 0.3) is 0 Å². The van der Waals surface area contributed by atoms with Crippen LogP contribution < -0.4 is 5.73 Å². The van der Waals surface area contributed by atoms with E-state index < -0.39 is 0 Å². The number of thiophene rings is 1. The van der Waals surface area contributed by atoms with Crippen LogP contribution in [0.2, 0.25) is 0 Å². The van der Waals surface area contributed by atoms with Gasteiger partial charge in [-0.3, -0.25) is 4.90 Å². The van der Waals surface area contributed by atoms with Gasteiger partial charge < -0.3 is 5.73 Å². The fourth-order valence-electron chi connectivity index (χ4n) is 2.34. The van der Waals surface area contributed by atoms with Gasteiger partial charge >= 0.3 is 0 Å². The van der Waals surface area contributed by atoms with Gasteiger partial charge in [-0.2, -0.15) is 0 Å². The number of rotatable bonds is 3. The van der Waals surface area contributed by atoms with E-state index in [4.69, 9.17) is 5.73 Å². The fraction of sp³-hybridized carbons (Fsp3) is 0.667. The first-order chi connectivity index (χ1) is 7.53. The molecule has 0 bridgehead atoms. The minimum absolute atomic E-state index is 0.0455. The van der Waals surface area contributed by atoms with Crippen LogP contribution in [0.1, 0.15) is 37.6 Å². The Morgan fingerprint density at radius 1 is 1.44 bits per heavy atom. The molecule has 90 valence electrons. The molecule has 0 saturated carbocycles. The molecule has 1 fully saturated rings. The van der Waals surface area contributed by atoms with Crippen LogP contribution >= 0.6 is 27.3 Å². The average molecular weight is 303 g/mol. The molecule has 1 saturated heterocycles. The highest BCUT2D eigenvalue weighted by molar-refractivity contribution is 9.10. The molecule has 2 N–H and O–H groups in total. The quantitative estimate of drug-likeness (QED) is 0.927. The van der Waals surface area contributed by atoms with Crippen LogP contribution in [0.5, 0.6) is 0 Å². The van der Waals surface area contributed by atoms with E-state index in [1.807, 2.05) is 0 Å². The van der Waals surface area contributed by atoms with Gasteiger partial charge in [0.1, 0.15) is 0 Å². The summed E-state index contributed by atoms with van der Waals surface area (Å²) in [5.74, 6) is 0. The Balaban J connectivity index is 2.19. The molecule has 0 spiro atoms. The Morgan fingerprint density at radius 2 is 2.06 bits per heavy atom. The molecule has 1 unspecified atom stereocenters. The zero-order chi connectivity index (χ0) is 11.8. The lowest BCUT2D eigenvalue weighted by Crippen LogP contribution is -2.49. The van der Waals surface area contributed by atoms with Gasteiger partial charge in [0, 0.05) is 14.9 Å². The lowest BCUT2D eigenvalue weighted by atomic mass is 9.92. The molecule has 1 aliphatic rings. The maximum atomic E-state index is 6.44. The molecule has 2 rings (SSSR count). The number of halogens is 1. The Hall–Kier alpha value is 0.1000. The molecule has 2 nitrogen and oxygen atoms in total. The second-order valence-electron chi connectivity index (χ2n) is 4.96. The minimum atomic E-state index is 0.0455. The summed E-state index contributed by atoms with van der Waals surface area (Å²) in [6.45, 7) is 6.89. The lowest BCUT2D eigenvalue weighted by molar-refractivity contribution is 0.125. The first kappa shape index (κ1) is 12.6. The van der Waals surface area contributed by atoms with Crippen molar-refractivity contribution in [1.82, 2.24) is 4.90 Å². The highest BCUT2D eigenvalue weighted by Crippen LogP contribution is 2.37. The molecule has 2 heterocycles. The smallest absolute Gasteiger partial charge is 0.0582 e. The van der Waals surface area contributed by atoms with Crippen molar-refractivity contribution in [3.63, 3.8) is 0 Å². The molecule has 0 aromatic carbocycles. The monoisotopic (exact) mass is 302 g/mol. The van der Waals surface area contributed by atoms with E-state index in [2.05, 4.69) is 46.1 Å². The van der Waals surface area contributed by atoms with E-state index in [1.165, 1.54) is 30.8 Å². The summed E-state index contributed by atoms with van der Waals surface area (Å²) in [6.07, 6.45) is 2.61. The average Bonchev–Trinajstić information content (AvgIpc) is 2.86. The number of nitrogens with zero attached hydrogens (tertiary/aromatic N) is 1. The van der Waals surface area contributed by atoms with Crippen LogP contribution in [0.15, 0.2) is 15.9 Å². The number of likely N-dealkylation sites (tertiary alicyclic amines) is 1. The summed E-state index contributed by atoms with van der Waals surface area (Å²) < 4.78 is 1.15. The molecule has 0 radical (unpaired) electrons. The third-order valence-electron chi connectivity index (χ3n) is 3.61. The van der Waals surface area contributed by atoms with Crippen molar-refractivity contribution in [2.24, 2.45) is 5.73 Å². The van der Waals surface area contributed by atoms with Gasteiger partial charge in [0.15, 0.2) is 0 Å². The van der Waals surface area contributed by atoms with Crippen molar-refractivity contribution < 1.29 is 0 Å². The van der Waals surface area contributed by atoms with Crippen molar-refractivity contribution in [2.75, 3.05) is 13.1 Å². The summed E-state index contributed by atoms with van der Waals surface area (Å²) in [4.78, 5) is 3.78. The summed E-state index contributed by atoms with van der Waals surface area (Å²) >= 11 is 5.32. The van der Waals surface area contributed by atoms with E-state index in [1.54, 1.807) is 11.3 Å². The van der Waals surface area contributed by atoms with E-state index in [9.17, 15) is 0 Å². The molecular formula is C12H19BrN2S. The van der Waals surface area contributed by atoms with Gasteiger partial charge in [-0.1, -0.05) is 0 Å². The number of hydrogen-bond donors (Lipinski definition) is 1. The van der Waals surface area contributed by atoms with E-state index in [0.717, 1.165) is 4.47 Å². The van der Waals surface area contributed by atoms with Crippen LogP contribution in [0.3, 0.4) is 0 Å². The summed E-state index contributed by atoms with van der Waals surface area (Å²) in [5.41, 5.74) is 6.48. The van der Waals surface area contributed by atoms with Crippen molar-refractivity contribution in [3.05, 3.63) is 20.8 Å². The Bertz CT molecular complexity index is 356. The van der Waals surface area contributed by atoms with E-state index in [0.29, 0.717) is 0 Å². The van der Waals surface area contributed by atoms with Gasteiger partial charge in [-0.05, 0) is 67.2 Å². The lowest BCUT2D eigenvalue weighted by Gasteiger charge is -2.40. The minimum Gasteiger partial charge on any atom is -0.322 e. The highest BCUT2D eigenvalue weighted by Gasteiger charge is 2.36. The van der Waals surface area contributed by atoms with Crippen LogP contribution in [-0.4, -0.2) is 23.5 Å². The Kier molecular flexibility index (Phi) is 3.74. The predicted molar refractivity (Wildman–Crippen MR) is 73.8 cm³/mol. The van der Waals surface area contributed by atoms with Crippen LogP contribution in [-0.2, 0) is 0 Å². The van der Waals surface area contributed by atoms with Gasteiger partial charge in [-0.25, -0.2) is 0 Å². The third kappa shape index (κ3) is 2.21. The molecule has 1 aromatic heterocycles. The Morgan fingerprint density at radius 3 is 2.56 bits per heavy atom. The SMILES string of the molecule is CC(C)(C(N)c1sccc1Br)N1CCCC1. The van der Waals surface area contributed by atoms with Crippen LogP contribution in [0, 0.1) is 0 Å².